The molecule has 1 saturated carbocycles. The number of carbonyl (C=O) groups excluding carboxylic acids is 10. The van der Waals surface area contributed by atoms with Gasteiger partial charge in [0.15, 0.2) is 0 Å². The first kappa shape index (κ1) is 61.4. The smallest absolute Gasteiger partial charge is 0.323 e. The van der Waals surface area contributed by atoms with Gasteiger partial charge < -0.3 is 55.3 Å². The number of thiophene rings is 1. The van der Waals surface area contributed by atoms with E-state index in [0.717, 1.165) is 29.5 Å². The van der Waals surface area contributed by atoms with E-state index in [1.165, 1.54) is 65.8 Å². The van der Waals surface area contributed by atoms with Gasteiger partial charge in [0, 0.05) is 65.3 Å². The van der Waals surface area contributed by atoms with Gasteiger partial charge in [-0.2, -0.15) is 5.26 Å². The van der Waals surface area contributed by atoms with Crippen LogP contribution >= 0.6 is 11.3 Å². The number of urea groups is 3. The summed E-state index contributed by atoms with van der Waals surface area (Å²) < 4.78 is 15.5. The van der Waals surface area contributed by atoms with Gasteiger partial charge in [-0.25, -0.2) is 14.4 Å². The van der Waals surface area contributed by atoms with Crippen LogP contribution in [0.5, 0.6) is 23.0 Å². The topological polar surface area (TPSA) is 349 Å². The first-order valence-corrected chi connectivity index (χ1v) is 29.0. The number of pyridine rings is 1. The molecule has 13 rings (SSSR count). The zero-order valence-corrected chi connectivity index (χ0v) is 49.8. The van der Waals surface area contributed by atoms with E-state index in [1.54, 1.807) is 91.0 Å². The number of nitrogens with zero attached hydrogens (tertiary/aromatic N) is 5. The number of aromatic hydroxyl groups is 1. The quantitative estimate of drug-likeness (QED) is 0.0683. The Bertz CT molecular complexity index is 4410. The van der Waals surface area contributed by atoms with Crippen LogP contribution in [0.2, 0.25) is 0 Å². The molecule has 13 amide bonds. The van der Waals surface area contributed by atoms with Crippen LogP contribution < -0.4 is 51.4 Å². The third-order valence-electron chi connectivity index (χ3n) is 15.4. The average molecular weight is 1260 g/mol. The lowest BCUT2D eigenvalue weighted by Gasteiger charge is -2.26. The van der Waals surface area contributed by atoms with Gasteiger partial charge in [-0.1, -0.05) is 53.7 Å². The number of nitrogens with one attached hydrogen (secondary N) is 7. The minimum absolute atomic E-state index is 0.0788. The summed E-state index contributed by atoms with van der Waals surface area (Å²) in [5.41, 5.74) is 0.530. The highest BCUT2D eigenvalue weighted by Crippen LogP contribution is 2.32. The second kappa shape index (κ2) is 25.1. The predicted molar refractivity (Wildman–Crippen MR) is 324 cm³/mol. The largest absolute Gasteiger partial charge is 0.506 e. The molecule has 0 unspecified atom stereocenters. The Balaban J connectivity index is 0.000000142. The van der Waals surface area contributed by atoms with Crippen LogP contribution in [0.25, 0.3) is 0 Å². The summed E-state index contributed by atoms with van der Waals surface area (Å²) >= 11 is 1.18. The highest BCUT2D eigenvalue weighted by molar-refractivity contribution is 7.13. The summed E-state index contributed by atoms with van der Waals surface area (Å²) in [4.78, 5) is 134. The standard InChI is InChI=1S/C25H22N4O5.C20H16N4O5.C20H14N4O4S/c1-34-19-9-6-17-13-29(22(31)20(17)12-19)14-25(23(32)27-24(33)28-25)11-10-15-2-4-16(5-3-15)21(30)26-18-7-8-18;1-29-15-3-2-13-10-24(17(26)16(13)7-15)11-20(18(27)22-19(28)23-20)5-4-12-6-14(25)9-21-8-12;1-28-13-3-2-12-10-24(17(25)16(12)8-13)11-20(18(26)22-19(27)23-20)7-6-14-4-5-15(9-21)29-14/h2-6,9,12,18H,7-8,13-14H2,1H3,(H,26,30)(H2,27,28,32,33);2-3,6-9,25H,10-11H2,1H3,(H2,22,23,27,28);2-5,8H,10-11H2,1H3,(H2,22,23,26,27)/t25-;2*20-/m111/s1. The van der Waals surface area contributed by atoms with E-state index in [-0.39, 0.29) is 68.1 Å². The molecule has 0 spiro atoms. The molecule has 1 aliphatic carbocycles. The molecule has 27 heteroatoms. The van der Waals surface area contributed by atoms with Crippen molar-refractivity contribution in [2.45, 2.75) is 55.1 Å². The van der Waals surface area contributed by atoms with Gasteiger partial charge in [-0.3, -0.25) is 54.5 Å². The molecular weight excluding hydrogens is 1200 g/mol. The molecule has 3 atom stereocenters. The van der Waals surface area contributed by atoms with E-state index in [0.29, 0.717) is 66.9 Å². The number of fused-ring (bicyclic) bond motifs is 3. The molecule has 4 fully saturated rings. The van der Waals surface area contributed by atoms with Crippen molar-refractivity contribution in [3.63, 3.8) is 0 Å². The van der Waals surface area contributed by atoms with Crippen molar-refractivity contribution >= 4 is 70.8 Å². The lowest BCUT2D eigenvalue weighted by Crippen LogP contribution is -2.54. The molecule has 4 aromatic carbocycles. The Morgan fingerprint density at radius 3 is 1.35 bits per heavy atom. The molecule has 462 valence electrons. The second-order valence-corrected chi connectivity index (χ2v) is 22.9. The SMILES string of the molecule is COc1ccc2c(c1)C(=O)N(C[C@@]1(C#Cc3ccc(C#N)s3)NC(=O)NC1=O)C2.COc1ccc2c(c1)C(=O)N(C[C@@]1(C#Cc3ccc(C(=O)NC4CC4)cc3)NC(=O)NC1=O)C2.COc1ccc2c(c1)C(=O)N(C[C@@]1(C#Cc3cncc(O)c3)NC(=O)NC1=O)C2. The van der Waals surface area contributed by atoms with Gasteiger partial charge >= 0.3 is 18.1 Å². The maximum atomic E-state index is 13.0. The molecule has 6 aliphatic heterocycles. The van der Waals surface area contributed by atoms with E-state index < -0.39 is 52.4 Å². The van der Waals surface area contributed by atoms with Crippen LogP contribution in [0, 0.1) is 46.9 Å². The number of nitriles is 1. The number of hydrogen-bond acceptors (Lipinski definition) is 17. The minimum atomic E-state index is -1.62. The molecule has 3 saturated heterocycles. The predicted octanol–water partition coefficient (Wildman–Crippen LogP) is 2.77. The lowest BCUT2D eigenvalue weighted by atomic mass is 9.99. The van der Waals surface area contributed by atoms with Gasteiger partial charge in [0.1, 0.15) is 33.9 Å². The molecule has 0 bridgehead atoms. The number of imide groups is 3. The van der Waals surface area contributed by atoms with Crippen molar-refractivity contribution in [2.75, 3.05) is 41.0 Å². The molecule has 2 aromatic heterocycles. The average Bonchev–Trinajstić information content (AvgIpc) is 1.70. The highest BCUT2D eigenvalue weighted by Gasteiger charge is 2.51. The number of ether oxygens (including phenoxy) is 3. The normalized spacial score (nSPS) is 20.2. The fraction of sp³-hybridized carbons (Fsp3) is 0.231. The van der Waals surface area contributed by atoms with Gasteiger partial charge in [0.05, 0.1) is 52.0 Å². The number of hydrogen-bond donors (Lipinski definition) is 8. The molecule has 8 heterocycles. The highest BCUT2D eigenvalue weighted by atomic mass is 32.1. The third-order valence-corrected chi connectivity index (χ3v) is 16.3. The Morgan fingerprint density at radius 1 is 0.565 bits per heavy atom. The summed E-state index contributed by atoms with van der Waals surface area (Å²) in [6.45, 7) is 0.495. The maximum absolute atomic E-state index is 13.0. The van der Waals surface area contributed by atoms with Gasteiger partial charge in [-0.05, 0) is 108 Å². The molecule has 0 radical (unpaired) electrons. The van der Waals surface area contributed by atoms with E-state index >= 15 is 0 Å². The summed E-state index contributed by atoms with van der Waals surface area (Å²) in [6, 6.07) is 27.2. The van der Waals surface area contributed by atoms with Gasteiger partial charge in [-0.15, -0.1) is 11.3 Å². The molecule has 26 nitrogen and oxygen atoms in total. The maximum Gasteiger partial charge on any atom is 0.323 e. The Hall–Kier alpha value is -12.2. The Morgan fingerprint density at radius 2 is 0.978 bits per heavy atom. The summed E-state index contributed by atoms with van der Waals surface area (Å²) in [6.07, 6.45) is 4.67. The van der Waals surface area contributed by atoms with Crippen LogP contribution in [0.4, 0.5) is 14.4 Å². The summed E-state index contributed by atoms with van der Waals surface area (Å²) in [5, 5.41) is 35.6. The van der Waals surface area contributed by atoms with Crippen LogP contribution in [-0.2, 0) is 34.0 Å². The number of carbonyl (C=O) groups is 10. The van der Waals surface area contributed by atoms with Crippen molar-refractivity contribution < 1.29 is 67.3 Å². The minimum Gasteiger partial charge on any atom is -0.506 e. The zero-order chi connectivity index (χ0) is 65.1. The van der Waals surface area contributed by atoms with Crippen molar-refractivity contribution in [1.82, 2.24) is 56.9 Å². The van der Waals surface area contributed by atoms with Crippen molar-refractivity contribution in [3.05, 3.63) is 169 Å². The van der Waals surface area contributed by atoms with Gasteiger partial charge in [0.25, 0.3) is 41.4 Å². The molecule has 6 aromatic rings. The van der Waals surface area contributed by atoms with Crippen LogP contribution in [0.1, 0.15) is 91.8 Å². The van der Waals surface area contributed by atoms with Crippen molar-refractivity contribution in [1.29, 1.82) is 5.26 Å². The fourth-order valence-corrected chi connectivity index (χ4v) is 11.2. The van der Waals surface area contributed by atoms with E-state index in [4.69, 9.17) is 19.5 Å². The first-order chi connectivity index (χ1) is 44.2. The number of amides is 13. The monoisotopic (exact) mass is 1260 g/mol. The number of aromatic nitrogens is 1. The Kier molecular flexibility index (Phi) is 16.8. The van der Waals surface area contributed by atoms with Crippen molar-refractivity contribution in [2.24, 2.45) is 0 Å². The third kappa shape index (κ3) is 12.9. The van der Waals surface area contributed by atoms with E-state index in [2.05, 4.69) is 77.7 Å². The molecular formula is C65H52N12O14S. The van der Waals surface area contributed by atoms with E-state index in [1.807, 2.05) is 6.07 Å². The fourth-order valence-electron chi connectivity index (χ4n) is 10.5. The second-order valence-electron chi connectivity index (χ2n) is 21.8. The summed E-state index contributed by atoms with van der Waals surface area (Å²) in [5.74, 6) is 15.7. The van der Waals surface area contributed by atoms with Crippen molar-refractivity contribution in [3.8, 4) is 64.6 Å². The first-order valence-electron chi connectivity index (χ1n) is 28.1. The van der Waals surface area contributed by atoms with Crippen LogP contribution in [0.3, 0.4) is 0 Å². The summed E-state index contributed by atoms with van der Waals surface area (Å²) in [7, 11) is 4.55. The molecule has 7 aliphatic rings. The number of benzene rings is 4. The zero-order valence-electron chi connectivity index (χ0n) is 49.0. The van der Waals surface area contributed by atoms with Crippen LogP contribution in [0.15, 0.2) is 109 Å². The lowest BCUT2D eigenvalue weighted by molar-refractivity contribution is -0.123. The number of rotatable bonds is 11. The molecule has 92 heavy (non-hydrogen) atoms. The van der Waals surface area contributed by atoms with Crippen LogP contribution in [-0.4, -0.2) is 148 Å². The number of methoxy groups -OCH3 is 3. The molecule has 8 N–H and O–H groups in total. The Labute approximate surface area is 527 Å². The van der Waals surface area contributed by atoms with Gasteiger partial charge in [0.2, 0.25) is 16.6 Å². The van der Waals surface area contributed by atoms with E-state index in [9.17, 15) is 53.1 Å².